The van der Waals surface area contributed by atoms with Gasteiger partial charge in [0.25, 0.3) is 5.56 Å². The van der Waals surface area contributed by atoms with Crippen molar-refractivity contribution in [2.24, 2.45) is 7.05 Å². The van der Waals surface area contributed by atoms with Crippen molar-refractivity contribution in [3.8, 4) is 34.3 Å². The predicted molar refractivity (Wildman–Crippen MR) is 88.2 cm³/mol. The second-order valence-corrected chi connectivity index (χ2v) is 5.15. The first-order chi connectivity index (χ1) is 11.1. The topological polar surface area (TPSA) is 70.8 Å². The molecule has 0 saturated heterocycles. The molecule has 2 aromatic heterocycles. The van der Waals surface area contributed by atoms with E-state index in [0.29, 0.717) is 11.3 Å². The Morgan fingerprint density at radius 3 is 2.52 bits per heavy atom. The largest absolute Gasteiger partial charge is 0.497 e. The van der Waals surface area contributed by atoms with E-state index in [-0.39, 0.29) is 5.56 Å². The highest BCUT2D eigenvalue weighted by Gasteiger charge is 2.13. The molecule has 0 aliphatic heterocycles. The lowest BCUT2D eigenvalue weighted by Crippen LogP contribution is -2.13. The molecule has 0 unspecified atom stereocenters. The first-order valence-electron chi connectivity index (χ1n) is 7.07. The highest BCUT2D eigenvalue weighted by molar-refractivity contribution is 5.74. The molecule has 3 aromatic rings. The first-order valence-corrected chi connectivity index (χ1v) is 7.07. The van der Waals surface area contributed by atoms with E-state index in [2.05, 4.69) is 4.98 Å². The molecule has 2 heterocycles. The molecular weight excluding hydrogens is 290 g/mol. The first kappa shape index (κ1) is 14.7. The van der Waals surface area contributed by atoms with Crippen LogP contribution in [0.4, 0.5) is 0 Å². The number of nitrogens with zero attached hydrogens (tertiary/aromatic N) is 2. The minimum absolute atomic E-state index is 0.105. The minimum Gasteiger partial charge on any atom is -0.497 e. The quantitative estimate of drug-likeness (QED) is 0.808. The van der Waals surface area contributed by atoms with Gasteiger partial charge in [0.2, 0.25) is 0 Å². The fourth-order valence-corrected chi connectivity index (χ4v) is 2.55. The molecule has 114 valence electrons. The standard InChI is InChI=1S/C18H15N3O2/c1-21-9-3-4-17(21)16-10-14(15(11-19)18(22)20-16)12-5-7-13(23-2)8-6-12/h3-10H,1-2H3,(H,20,22). The molecule has 0 spiro atoms. The maximum atomic E-state index is 12.3. The average Bonchev–Trinajstić information content (AvgIpc) is 3.00. The van der Waals surface area contributed by atoms with Crippen molar-refractivity contribution in [1.82, 2.24) is 9.55 Å². The Kier molecular flexibility index (Phi) is 3.73. The third kappa shape index (κ3) is 2.62. The number of aromatic amines is 1. The van der Waals surface area contributed by atoms with Gasteiger partial charge in [-0.25, -0.2) is 0 Å². The number of aromatic nitrogens is 2. The van der Waals surface area contributed by atoms with Gasteiger partial charge in [-0.1, -0.05) is 12.1 Å². The number of pyridine rings is 1. The lowest BCUT2D eigenvalue weighted by Gasteiger charge is -2.09. The zero-order valence-corrected chi connectivity index (χ0v) is 12.8. The van der Waals surface area contributed by atoms with Crippen molar-refractivity contribution < 1.29 is 4.74 Å². The van der Waals surface area contributed by atoms with Crippen molar-refractivity contribution in [2.75, 3.05) is 7.11 Å². The Labute approximate surface area is 133 Å². The van der Waals surface area contributed by atoms with E-state index in [9.17, 15) is 10.1 Å². The molecule has 0 amide bonds. The molecule has 3 rings (SSSR count). The van der Waals surface area contributed by atoms with Crippen LogP contribution in [0.15, 0.2) is 53.5 Å². The molecule has 0 radical (unpaired) electrons. The zero-order valence-electron chi connectivity index (χ0n) is 12.8. The van der Waals surface area contributed by atoms with Crippen molar-refractivity contribution >= 4 is 0 Å². The summed E-state index contributed by atoms with van der Waals surface area (Å²) in [7, 11) is 3.50. The number of ether oxygens (including phenoxy) is 1. The van der Waals surface area contributed by atoms with Crippen LogP contribution in [-0.4, -0.2) is 16.7 Å². The summed E-state index contributed by atoms with van der Waals surface area (Å²) in [5, 5.41) is 9.34. The van der Waals surface area contributed by atoms with E-state index < -0.39 is 5.56 Å². The van der Waals surface area contributed by atoms with Gasteiger partial charge in [0.1, 0.15) is 17.4 Å². The number of hydrogen-bond acceptors (Lipinski definition) is 3. The molecule has 5 nitrogen and oxygen atoms in total. The van der Waals surface area contributed by atoms with Gasteiger partial charge in [-0.15, -0.1) is 0 Å². The molecule has 1 aromatic carbocycles. The van der Waals surface area contributed by atoms with E-state index in [0.717, 1.165) is 17.0 Å². The number of nitriles is 1. The summed E-state index contributed by atoms with van der Waals surface area (Å²) >= 11 is 0. The van der Waals surface area contributed by atoms with Crippen LogP contribution in [0, 0.1) is 11.3 Å². The van der Waals surface area contributed by atoms with Gasteiger partial charge in [0.15, 0.2) is 0 Å². The van der Waals surface area contributed by atoms with Crippen LogP contribution in [0.2, 0.25) is 0 Å². The van der Waals surface area contributed by atoms with Crippen molar-refractivity contribution in [1.29, 1.82) is 5.26 Å². The monoisotopic (exact) mass is 305 g/mol. The van der Waals surface area contributed by atoms with Crippen LogP contribution in [0.3, 0.4) is 0 Å². The Morgan fingerprint density at radius 2 is 1.96 bits per heavy atom. The van der Waals surface area contributed by atoms with E-state index >= 15 is 0 Å². The summed E-state index contributed by atoms with van der Waals surface area (Å²) in [6.07, 6.45) is 1.90. The van der Waals surface area contributed by atoms with Gasteiger partial charge in [-0.3, -0.25) is 4.79 Å². The van der Waals surface area contributed by atoms with Crippen LogP contribution in [0.5, 0.6) is 5.75 Å². The van der Waals surface area contributed by atoms with Crippen LogP contribution < -0.4 is 10.3 Å². The Hall–Kier alpha value is -3.26. The summed E-state index contributed by atoms with van der Waals surface area (Å²) in [6.45, 7) is 0. The van der Waals surface area contributed by atoms with E-state index in [1.54, 1.807) is 19.2 Å². The average molecular weight is 305 g/mol. The predicted octanol–water partition coefficient (Wildman–Crippen LogP) is 2.93. The number of hydrogen-bond donors (Lipinski definition) is 1. The van der Waals surface area contributed by atoms with Gasteiger partial charge in [-0.05, 0) is 35.9 Å². The second-order valence-electron chi connectivity index (χ2n) is 5.15. The summed E-state index contributed by atoms with van der Waals surface area (Å²) < 4.78 is 7.06. The lowest BCUT2D eigenvalue weighted by molar-refractivity contribution is 0.415. The van der Waals surface area contributed by atoms with Crippen molar-refractivity contribution in [3.05, 3.63) is 64.6 Å². The molecular formula is C18H15N3O2. The normalized spacial score (nSPS) is 10.3. The fraction of sp³-hybridized carbons (Fsp3) is 0.111. The fourth-order valence-electron chi connectivity index (χ4n) is 2.55. The molecule has 0 bridgehead atoms. The summed E-state index contributed by atoms with van der Waals surface area (Å²) in [5.74, 6) is 0.722. The Bertz CT molecular complexity index is 944. The summed E-state index contributed by atoms with van der Waals surface area (Å²) in [4.78, 5) is 15.1. The summed E-state index contributed by atoms with van der Waals surface area (Å²) in [6, 6.07) is 14.9. The highest BCUT2D eigenvalue weighted by Crippen LogP contribution is 2.27. The van der Waals surface area contributed by atoms with Crippen molar-refractivity contribution in [2.45, 2.75) is 0 Å². The number of nitrogens with one attached hydrogen (secondary N) is 1. The molecule has 1 N–H and O–H groups in total. The maximum absolute atomic E-state index is 12.3. The second kappa shape index (κ2) is 5.85. The van der Waals surface area contributed by atoms with Crippen LogP contribution in [-0.2, 0) is 7.05 Å². The minimum atomic E-state index is -0.392. The summed E-state index contributed by atoms with van der Waals surface area (Å²) in [5.41, 5.74) is 2.66. The number of H-pyrrole nitrogens is 1. The number of aryl methyl sites for hydroxylation is 1. The van der Waals surface area contributed by atoms with E-state index in [1.807, 2.05) is 54.2 Å². The highest BCUT2D eigenvalue weighted by atomic mass is 16.5. The van der Waals surface area contributed by atoms with Crippen LogP contribution >= 0.6 is 0 Å². The smallest absolute Gasteiger partial charge is 0.267 e. The number of benzene rings is 1. The molecule has 0 aliphatic carbocycles. The van der Waals surface area contributed by atoms with Crippen molar-refractivity contribution in [3.63, 3.8) is 0 Å². The Morgan fingerprint density at radius 1 is 1.22 bits per heavy atom. The molecule has 23 heavy (non-hydrogen) atoms. The molecule has 5 heteroatoms. The van der Waals surface area contributed by atoms with Crippen LogP contribution in [0.25, 0.3) is 22.5 Å². The van der Waals surface area contributed by atoms with Gasteiger partial charge < -0.3 is 14.3 Å². The van der Waals surface area contributed by atoms with Gasteiger partial charge in [-0.2, -0.15) is 5.26 Å². The molecule has 0 saturated carbocycles. The SMILES string of the molecule is COc1ccc(-c2cc(-c3cccn3C)[nH]c(=O)c2C#N)cc1. The van der Waals surface area contributed by atoms with Gasteiger partial charge in [0.05, 0.1) is 18.5 Å². The molecule has 0 fully saturated rings. The van der Waals surface area contributed by atoms with Gasteiger partial charge >= 0.3 is 0 Å². The van der Waals surface area contributed by atoms with E-state index in [1.165, 1.54) is 0 Å². The third-order valence-corrected chi connectivity index (χ3v) is 3.77. The molecule has 0 aliphatic rings. The van der Waals surface area contributed by atoms with E-state index in [4.69, 9.17) is 4.74 Å². The molecule has 0 atom stereocenters. The third-order valence-electron chi connectivity index (χ3n) is 3.77. The lowest BCUT2D eigenvalue weighted by atomic mass is 10.0. The Balaban J connectivity index is 2.22. The zero-order chi connectivity index (χ0) is 16.4. The van der Waals surface area contributed by atoms with Gasteiger partial charge in [0, 0.05) is 18.8 Å². The number of methoxy groups -OCH3 is 1. The maximum Gasteiger partial charge on any atom is 0.267 e. The number of rotatable bonds is 3. The van der Waals surface area contributed by atoms with Crippen LogP contribution in [0.1, 0.15) is 5.56 Å².